The van der Waals surface area contributed by atoms with Gasteiger partial charge in [0.1, 0.15) is 11.9 Å². The minimum Gasteiger partial charge on any atom is -0.372 e. The van der Waals surface area contributed by atoms with Crippen molar-refractivity contribution in [2.45, 2.75) is 51.5 Å². The van der Waals surface area contributed by atoms with Crippen molar-refractivity contribution in [3.63, 3.8) is 0 Å². The molecule has 3 aromatic rings. The third-order valence-electron chi connectivity index (χ3n) is 8.91. The van der Waals surface area contributed by atoms with Gasteiger partial charge >= 0.3 is 0 Å². The summed E-state index contributed by atoms with van der Waals surface area (Å²) in [7, 11) is 0. The number of morpholine rings is 1. The molecule has 2 fully saturated rings. The lowest BCUT2D eigenvalue weighted by molar-refractivity contribution is -0.128. The third-order valence-corrected chi connectivity index (χ3v) is 8.91. The van der Waals surface area contributed by atoms with Gasteiger partial charge in [0.2, 0.25) is 5.91 Å². The van der Waals surface area contributed by atoms with Gasteiger partial charge < -0.3 is 24.3 Å². The Kier molecular flexibility index (Phi) is 7.92. The van der Waals surface area contributed by atoms with Crippen LogP contribution in [0.1, 0.15) is 37.0 Å². The molecule has 2 saturated heterocycles. The van der Waals surface area contributed by atoms with Gasteiger partial charge in [-0.3, -0.25) is 4.79 Å². The third kappa shape index (κ3) is 5.37. The van der Waals surface area contributed by atoms with Crippen molar-refractivity contribution in [2.75, 3.05) is 54.0 Å². The second-order valence-corrected chi connectivity index (χ2v) is 11.8. The number of aromatic nitrogens is 1. The molecule has 3 atom stereocenters. The Morgan fingerprint density at radius 1 is 1.00 bits per heavy atom. The fraction of sp³-hybridized carbons (Fsp3) is 0.412. The standard InChI is InChI=1S/C34H37N7O2/c1-4-33(42)41-16-15-39(21-26(41)11-13-35)32-10-9-31(27-7-5-6-8-28(27)32)38-14-12-25-18-37-34(29(17-36)30(25)22-38)40-19-23(2)43-24(3)20-40/h4-10,18,23-24,26H,1,11-12,14-16,19-22H2,2-3H3/t23?,24?,26-/m0/s1. The van der Waals surface area contributed by atoms with E-state index in [0.29, 0.717) is 44.8 Å². The maximum Gasteiger partial charge on any atom is 0.246 e. The molecule has 0 N–H and O–H groups in total. The van der Waals surface area contributed by atoms with E-state index in [9.17, 15) is 15.3 Å². The van der Waals surface area contributed by atoms with Crippen molar-refractivity contribution < 1.29 is 9.53 Å². The molecular weight excluding hydrogens is 538 g/mol. The van der Waals surface area contributed by atoms with E-state index in [1.807, 2.05) is 6.20 Å². The van der Waals surface area contributed by atoms with Gasteiger partial charge in [-0.2, -0.15) is 10.5 Å². The van der Waals surface area contributed by atoms with Crippen molar-refractivity contribution in [3.8, 4) is 12.1 Å². The van der Waals surface area contributed by atoms with E-state index in [4.69, 9.17) is 9.72 Å². The predicted molar refractivity (Wildman–Crippen MR) is 168 cm³/mol. The Bertz CT molecular complexity index is 1630. The SMILES string of the molecule is C=CC(=O)N1CCN(c2ccc(N3CCc4cnc(N5CC(C)OC(C)C5)c(C#N)c4C3)c3ccccc23)C[C@@H]1CC#N. The zero-order valence-electron chi connectivity index (χ0n) is 24.9. The summed E-state index contributed by atoms with van der Waals surface area (Å²) in [5.41, 5.74) is 5.10. The molecule has 0 saturated carbocycles. The molecule has 6 rings (SSSR count). The number of amides is 1. The van der Waals surface area contributed by atoms with Crippen LogP contribution in [0.25, 0.3) is 10.8 Å². The maximum atomic E-state index is 12.4. The number of rotatable bonds is 5. The van der Waals surface area contributed by atoms with Gasteiger partial charge in [0.15, 0.2) is 0 Å². The molecule has 0 aliphatic carbocycles. The summed E-state index contributed by atoms with van der Waals surface area (Å²) >= 11 is 0. The number of nitrogens with zero attached hydrogens (tertiary/aromatic N) is 7. The zero-order chi connectivity index (χ0) is 30.1. The molecule has 4 heterocycles. The van der Waals surface area contributed by atoms with Crippen LogP contribution in [0.5, 0.6) is 0 Å². The zero-order valence-corrected chi connectivity index (χ0v) is 24.9. The molecule has 3 aliphatic rings. The summed E-state index contributed by atoms with van der Waals surface area (Å²) in [6.07, 6.45) is 4.55. The van der Waals surface area contributed by atoms with Crippen molar-refractivity contribution >= 4 is 33.9 Å². The number of carbonyl (C=O) groups excluding carboxylic acids is 1. The smallest absolute Gasteiger partial charge is 0.246 e. The van der Waals surface area contributed by atoms with Gasteiger partial charge in [-0.15, -0.1) is 0 Å². The number of benzene rings is 2. The lowest BCUT2D eigenvalue weighted by Crippen LogP contribution is -2.54. The molecule has 0 radical (unpaired) electrons. The number of anilines is 3. The van der Waals surface area contributed by atoms with Gasteiger partial charge in [0.05, 0.1) is 36.3 Å². The van der Waals surface area contributed by atoms with E-state index in [1.54, 1.807) is 4.90 Å². The Labute approximate surface area is 253 Å². The Morgan fingerprint density at radius 2 is 1.70 bits per heavy atom. The molecule has 9 nitrogen and oxygen atoms in total. The monoisotopic (exact) mass is 575 g/mol. The number of hydrogen-bond acceptors (Lipinski definition) is 8. The van der Waals surface area contributed by atoms with Crippen molar-refractivity contribution in [1.29, 1.82) is 10.5 Å². The van der Waals surface area contributed by atoms with E-state index in [2.05, 4.69) is 83.7 Å². The fourth-order valence-corrected chi connectivity index (χ4v) is 6.99. The number of hydrogen-bond donors (Lipinski definition) is 0. The predicted octanol–water partition coefficient (Wildman–Crippen LogP) is 4.40. The highest BCUT2D eigenvalue weighted by Gasteiger charge is 2.32. The van der Waals surface area contributed by atoms with Crippen LogP contribution in [0.2, 0.25) is 0 Å². The molecule has 9 heteroatoms. The van der Waals surface area contributed by atoms with Crippen LogP contribution in [0.15, 0.2) is 55.3 Å². The van der Waals surface area contributed by atoms with Gasteiger partial charge in [0, 0.05) is 74.2 Å². The molecule has 2 aromatic carbocycles. The summed E-state index contributed by atoms with van der Waals surface area (Å²) in [6.45, 7) is 12.5. The normalized spacial score (nSPS) is 22.1. The minimum atomic E-state index is -0.189. The van der Waals surface area contributed by atoms with Gasteiger partial charge in [-0.25, -0.2) is 4.98 Å². The first kappa shape index (κ1) is 28.5. The van der Waals surface area contributed by atoms with E-state index < -0.39 is 0 Å². The highest BCUT2D eigenvalue weighted by Crippen LogP contribution is 2.38. The number of piperazine rings is 1. The topological polar surface area (TPSA) is 99.7 Å². The van der Waals surface area contributed by atoms with Crippen molar-refractivity contribution in [3.05, 3.63) is 71.9 Å². The molecule has 220 valence electrons. The molecule has 2 unspecified atom stereocenters. The quantitative estimate of drug-likeness (QED) is 0.413. The van der Waals surface area contributed by atoms with Crippen molar-refractivity contribution in [1.82, 2.24) is 9.88 Å². The largest absolute Gasteiger partial charge is 0.372 e. The molecule has 0 bridgehead atoms. The molecule has 43 heavy (non-hydrogen) atoms. The second kappa shape index (κ2) is 11.9. The number of fused-ring (bicyclic) bond motifs is 2. The van der Waals surface area contributed by atoms with E-state index >= 15 is 0 Å². The first-order chi connectivity index (χ1) is 20.9. The van der Waals surface area contributed by atoms with Crippen LogP contribution in [0.3, 0.4) is 0 Å². The van der Waals surface area contributed by atoms with Crippen LogP contribution in [-0.4, -0.2) is 73.3 Å². The van der Waals surface area contributed by atoms with Crippen LogP contribution in [0, 0.1) is 22.7 Å². The Morgan fingerprint density at radius 3 is 2.35 bits per heavy atom. The summed E-state index contributed by atoms with van der Waals surface area (Å²) in [5.74, 6) is 0.629. The second-order valence-electron chi connectivity index (χ2n) is 11.8. The highest BCUT2D eigenvalue weighted by atomic mass is 16.5. The van der Waals surface area contributed by atoms with Crippen molar-refractivity contribution in [2.24, 2.45) is 0 Å². The number of pyridine rings is 1. The summed E-state index contributed by atoms with van der Waals surface area (Å²) in [6, 6.07) is 17.4. The van der Waals surface area contributed by atoms with Crippen LogP contribution in [-0.2, 0) is 22.5 Å². The lowest BCUT2D eigenvalue weighted by Gasteiger charge is -2.42. The summed E-state index contributed by atoms with van der Waals surface area (Å²) in [5, 5.41) is 22.1. The van der Waals surface area contributed by atoms with E-state index in [-0.39, 0.29) is 30.6 Å². The summed E-state index contributed by atoms with van der Waals surface area (Å²) in [4.78, 5) is 25.9. The Hall–Kier alpha value is -4.60. The number of ether oxygens (including phenoxy) is 1. The first-order valence-electron chi connectivity index (χ1n) is 15.0. The average molecular weight is 576 g/mol. The fourth-order valence-electron chi connectivity index (χ4n) is 6.99. The molecule has 0 spiro atoms. The van der Waals surface area contributed by atoms with E-state index in [1.165, 1.54) is 6.08 Å². The maximum absolute atomic E-state index is 12.4. The molecule has 1 aromatic heterocycles. The molecule has 1 amide bonds. The van der Waals surface area contributed by atoms with Crippen LogP contribution >= 0.6 is 0 Å². The lowest BCUT2D eigenvalue weighted by atomic mass is 9.95. The van der Waals surface area contributed by atoms with E-state index in [0.717, 1.165) is 52.1 Å². The van der Waals surface area contributed by atoms with Gasteiger partial charge in [-0.05, 0) is 49.6 Å². The van der Waals surface area contributed by atoms with Crippen LogP contribution in [0.4, 0.5) is 17.2 Å². The summed E-state index contributed by atoms with van der Waals surface area (Å²) < 4.78 is 5.93. The van der Waals surface area contributed by atoms with Crippen LogP contribution < -0.4 is 14.7 Å². The highest BCUT2D eigenvalue weighted by molar-refractivity contribution is 6.02. The average Bonchev–Trinajstić information content (AvgIpc) is 3.02. The molecule has 3 aliphatic heterocycles. The first-order valence-corrected chi connectivity index (χ1v) is 15.0. The number of nitriles is 2. The van der Waals surface area contributed by atoms with Gasteiger partial charge in [0.25, 0.3) is 0 Å². The minimum absolute atomic E-state index is 0.0788. The van der Waals surface area contributed by atoms with Gasteiger partial charge in [-0.1, -0.05) is 30.8 Å². The molecular formula is C34H37N7O2. The Balaban J connectivity index is 1.32. The number of carbonyl (C=O) groups is 1.